The average Bonchev–Trinajstić information content (AvgIpc) is 2.96. The highest BCUT2D eigenvalue weighted by molar-refractivity contribution is 5.95. The Balaban J connectivity index is 2.32. The number of amides is 1. The van der Waals surface area contributed by atoms with Gasteiger partial charge in [-0.3, -0.25) is 4.79 Å². The number of hydrogen-bond acceptors (Lipinski definition) is 3. The summed E-state index contributed by atoms with van der Waals surface area (Å²) in [5, 5.41) is 13.0. The Morgan fingerprint density at radius 1 is 1.38 bits per heavy atom. The molecule has 1 aromatic heterocycles. The van der Waals surface area contributed by atoms with Crippen LogP contribution in [0.3, 0.4) is 0 Å². The van der Waals surface area contributed by atoms with E-state index >= 15 is 0 Å². The van der Waals surface area contributed by atoms with Crippen LogP contribution in [0.1, 0.15) is 29.4 Å². The van der Waals surface area contributed by atoms with Gasteiger partial charge in [-0.2, -0.15) is 10.4 Å². The summed E-state index contributed by atoms with van der Waals surface area (Å²) in [4.78, 5) is 14.0. The first-order chi connectivity index (χ1) is 10.2. The lowest BCUT2D eigenvalue weighted by Gasteiger charge is -2.15. The van der Waals surface area contributed by atoms with Crippen molar-refractivity contribution in [2.75, 3.05) is 13.6 Å². The SMILES string of the molecule is CCc1c(C(=O)N(C)CCC#N)cnn1-c1ccccc1. The standard InChI is InChI=1S/C16H18N4O/c1-3-15-14(16(21)19(2)11-7-10-17)12-18-20(15)13-8-5-4-6-9-13/h4-6,8-9,12H,3,7,11H2,1-2H3. The molecule has 0 unspecified atom stereocenters. The monoisotopic (exact) mass is 282 g/mol. The summed E-state index contributed by atoms with van der Waals surface area (Å²) in [6, 6.07) is 11.8. The third kappa shape index (κ3) is 3.11. The Kier molecular flexibility index (Phi) is 4.72. The number of hydrogen-bond donors (Lipinski definition) is 0. The van der Waals surface area contributed by atoms with Gasteiger partial charge < -0.3 is 4.90 Å². The van der Waals surface area contributed by atoms with Crippen molar-refractivity contribution in [2.45, 2.75) is 19.8 Å². The van der Waals surface area contributed by atoms with Gasteiger partial charge in [-0.25, -0.2) is 4.68 Å². The molecule has 0 aliphatic rings. The molecule has 0 aliphatic carbocycles. The lowest BCUT2D eigenvalue weighted by atomic mass is 10.1. The largest absolute Gasteiger partial charge is 0.341 e. The van der Waals surface area contributed by atoms with E-state index in [-0.39, 0.29) is 5.91 Å². The van der Waals surface area contributed by atoms with Crippen molar-refractivity contribution < 1.29 is 4.79 Å². The fourth-order valence-electron chi connectivity index (χ4n) is 2.21. The number of benzene rings is 1. The minimum absolute atomic E-state index is 0.0933. The van der Waals surface area contributed by atoms with Gasteiger partial charge in [0, 0.05) is 13.6 Å². The van der Waals surface area contributed by atoms with Crippen molar-refractivity contribution in [3.8, 4) is 11.8 Å². The molecule has 2 rings (SSSR count). The number of carbonyl (C=O) groups excluding carboxylic acids is 1. The molecule has 1 amide bonds. The van der Waals surface area contributed by atoms with Gasteiger partial charge in [-0.15, -0.1) is 0 Å². The lowest BCUT2D eigenvalue weighted by Crippen LogP contribution is -2.28. The van der Waals surface area contributed by atoms with E-state index in [1.54, 1.807) is 22.8 Å². The fraction of sp³-hybridized carbons (Fsp3) is 0.312. The predicted octanol–water partition coefficient (Wildman–Crippen LogP) is 2.42. The van der Waals surface area contributed by atoms with Crippen molar-refractivity contribution in [3.05, 3.63) is 47.8 Å². The zero-order chi connectivity index (χ0) is 15.2. The van der Waals surface area contributed by atoms with Crippen molar-refractivity contribution in [1.82, 2.24) is 14.7 Å². The predicted molar refractivity (Wildman–Crippen MR) is 80.1 cm³/mol. The second kappa shape index (κ2) is 6.71. The quantitative estimate of drug-likeness (QED) is 0.846. The van der Waals surface area contributed by atoms with Gasteiger partial charge >= 0.3 is 0 Å². The molecular formula is C16H18N4O. The van der Waals surface area contributed by atoms with Gasteiger partial charge in [0.25, 0.3) is 5.91 Å². The number of carbonyl (C=O) groups is 1. The Hall–Kier alpha value is -2.61. The molecule has 5 nitrogen and oxygen atoms in total. The second-order valence-electron chi connectivity index (χ2n) is 4.74. The van der Waals surface area contributed by atoms with Crippen LogP contribution >= 0.6 is 0 Å². The third-order valence-corrected chi connectivity index (χ3v) is 3.34. The van der Waals surface area contributed by atoms with E-state index in [1.807, 2.05) is 43.3 Å². The topological polar surface area (TPSA) is 61.9 Å². The van der Waals surface area contributed by atoms with Crippen molar-refractivity contribution in [1.29, 1.82) is 5.26 Å². The summed E-state index contributed by atoms with van der Waals surface area (Å²) in [7, 11) is 1.71. The Morgan fingerprint density at radius 2 is 2.10 bits per heavy atom. The first kappa shape index (κ1) is 14.8. The molecule has 1 aromatic carbocycles. The molecule has 0 fully saturated rings. The summed E-state index contributed by atoms with van der Waals surface area (Å²) in [5.74, 6) is -0.0933. The van der Waals surface area contributed by atoms with E-state index < -0.39 is 0 Å². The molecule has 2 aromatic rings. The molecule has 5 heteroatoms. The number of rotatable bonds is 5. The van der Waals surface area contributed by atoms with Crippen molar-refractivity contribution in [3.63, 3.8) is 0 Å². The molecule has 108 valence electrons. The maximum Gasteiger partial charge on any atom is 0.257 e. The van der Waals surface area contributed by atoms with Crippen LogP contribution in [0.15, 0.2) is 36.5 Å². The molecule has 0 spiro atoms. The summed E-state index contributed by atoms with van der Waals surface area (Å²) in [5.41, 5.74) is 2.42. The minimum atomic E-state index is -0.0933. The van der Waals surface area contributed by atoms with Crippen LogP contribution in [0.5, 0.6) is 0 Å². The molecule has 21 heavy (non-hydrogen) atoms. The molecule has 0 bridgehead atoms. The highest BCUT2D eigenvalue weighted by Gasteiger charge is 2.19. The summed E-state index contributed by atoms with van der Waals surface area (Å²) >= 11 is 0. The first-order valence-corrected chi connectivity index (χ1v) is 6.93. The lowest BCUT2D eigenvalue weighted by molar-refractivity contribution is 0.0797. The van der Waals surface area contributed by atoms with Gasteiger partial charge in [0.1, 0.15) is 0 Å². The molecule has 0 saturated carbocycles. The van der Waals surface area contributed by atoms with E-state index in [0.717, 1.165) is 11.4 Å². The van der Waals surface area contributed by atoms with E-state index in [4.69, 9.17) is 5.26 Å². The van der Waals surface area contributed by atoms with Gasteiger partial charge in [0.2, 0.25) is 0 Å². The highest BCUT2D eigenvalue weighted by atomic mass is 16.2. The zero-order valence-electron chi connectivity index (χ0n) is 12.3. The van der Waals surface area contributed by atoms with Crippen molar-refractivity contribution in [2.24, 2.45) is 0 Å². The minimum Gasteiger partial charge on any atom is -0.341 e. The van der Waals surface area contributed by atoms with E-state index in [2.05, 4.69) is 5.10 Å². The fourth-order valence-corrected chi connectivity index (χ4v) is 2.21. The number of nitrogens with zero attached hydrogens (tertiary/aromatic N) is 4. The maximum absolute atomic E-state index is 12.4. The van der Waals surface area contributed by atoms with Gasteiger partial charge in [0.05, 0.1) is 35.6 Å². The first-order valence-electron chi connectivity index (χ1n) is 6.93. The summed E-state index contributed by atoms with van der Waals surface area (Å²) in [6.45, 7) is 2.43. The second-order valence-corrected chi connectivity index (χ2v) is 4.74. The van der Waals surface area contributed by atoms with Crippen LogP contribution in [-0.4, -0.2) is 34.2 Å². The Bertz CT molecular complexity index is 655. The number of nitriles is 1. The molecule has 0 radical (unpaired) electrons. The van der Waals surface area contributed by atoms with Crippen LogP contribution < -0.4 is 0 Å². The summed E-state index contributed by atoms with van der Waals surface area (Å²) in [6.07, 6.45) is 2.65. The van der Waals surface area contributed by atoms with Gasteiger partial charge in [-0.05, 0) is 18.6 Å². The normalized spacial score (nSPS) is 10.1. The van der Waals surface area contributed by atoms with Crippen LogP contribution in [-0.2, 0) is 6.42 Å². The van der Waals surface area contributed by atoms with Gasteiger partial charge in [-0.1, -0.05) is 25.1 Å². The molecule has 0 saturated heterocycles. The zero-order valence-corrected chi connectivity index (χ0v) is 12.3. The smallest absolute Gasteiger partial charge is 0.257 e. The van der Waals surface area contributed by atoms with Crippen LogP contribution in [0.25, 0.3) is 5.69 Å². The molecular weight excluding hydrogens is 264 g/mol. The highest BCUT2D eigenvalue weighted by Crippen LogP contribution is 2.17. The van der Waals surface area contributed by atoms with E-state index in [1.165, 1.54) is 0 Å². The van der Waals surface area contributed by atoms with Crippen LogP contribution in [0, 0.1) is 11.3 Å². The molecule has 1 heterocycles. The average molecular weight is 282 g/mol. The van der Waals surface area contributed by atoms with Crippen LogP contribution in [0.4, 0.5) is 0 Å². The van der Waals surface area contributed by atoms with Gasteiger partial charge in [0.15, 0.2) is 0 Å². The van der Waals surface area contributed by atoms with Crippen LogP contribution in [0.2, 0.25) is 0 Å². The number of para-hydroxylation sites is 1. The Morgan fingerprint density at radius 3 is 2.71 bits per heavy atom. The maximum atomic E-state index is 12.4. The Labute approximate surface area is 124 Å². The molecule has 0 atom stereocenters. The molecule has 0 aliphatic heterocycles. The molecule has 0 N–H and O–H groups in total. The third-order valence-electron chi connectivity index (χ3n) is 3.34. The van der Waals surface area contributed by atoms with Crippen molar-refractivity contribution >= 4 is 5.91 Å². The summed E-state index contributed by atoms with van der Waals surface area (Å²) < 4.78 is 1.80. The van der Waals surface area contributed by atoms with E-state index in [0.29, 0.717) is 24.9 Å². The number of aromatic nitrogens is 2. The van der Waals surface area contributed by atoms with E-state index in [9.17, 15) is 4.79 Å².